The van der Waals surface area contributed by atoms with Gasteiger partial charge in [-0.25, -0.2) is 13.6 Å². The summed E-state index contributed by atoms with van der Waals surface area (Å²) in [4.78, 5) is 26.1. The number of carbonyl (C=O) groups is 2. The number of carboxylic acids is 1. The molecule has 2 aromatic carbocycles. The number of aliphatic hydroxyl groups excluding tert-OH is 1. The van der Waals surface area contributed by atoms with E-state index in [1.54, 1.807) is 0 Å². The number of carboxylic acid groups (broad SMARTS) is 1. The van der Waals surface area contributed by atoms with Crippen LogP contribution in [0.3, 0.4) is 0 Å². The first-order valence-corrected chi connectivity index (χ1v) is 11.9. The first kappa shape index (κ1) is 26.6. The van der Waals surface area contributed by atoms with Crippen LogP contribution in [0.25, 0.3) is 5.57 Å². The number of aryl methyl sites for hydroxylation is 1. The zero-order valence-electron chi connectivity index (χ0n) is 19.9. The van der Waals surface area contributed by atoms with Crippen molar-refractivity contribution in [3.8, 4) is 5.75 Å². The lowest BCUT2D eigenvalue weighted by atomic mass is 9.83. The maximum Gasteiger partial charge on any atom is 0.333 e. The molecule has 0 spiro atoms. The van der Waals surface area contributed by atoms with Gasteiger partial charge in [-0.05, 0) is 48.1 Å². The Labute approximate surface area is 211 Å². The SMILES string of the molecule is N[C@@H](CO)C(=O)N1C[C@@H]2CC(c3ccc(CCCOc4c(F)ccc(F)c4F)cc3)=C(C(=O)O)[C@H](C1)N2. The van der Waals surface area contributed by atoms with Gasteiger partial charge in [0.15, 0.2) is 17.4 Å². The number of aliphatic carboxylic acids is 1. The number of nitrogens with two attached hydrogens (primary N) is 1. The normalized spacial score (nSPS) is 20.1. The number of hydrogen-bond donors (Lipinski definition) is 4. The van der Waals surface area contributed by atoms with E-state index in [-0.39, 0.29) is 24.8 Å². The van der Waals surface area contributed by atoms with Gasteiger partial charge < -0.3 is 30.9 Å². The van der Waals surface area contributed by atoms with Gasteiger partial charge in [-0.15, -0.1) is 0 Å². The largest absolute Gasteiger partial charge is 0.488 e. The number of hydrogen-bond acceptors (Lipinski definition) is 6. The van der Waals surface area contributed by atoms with Crippen LogP contribution in [0.15, 0.2) is 42.0 Å². The van der Waals surface area contributed by atoms with Gasteiger partial charge in [0.2, 0.25) is 11.7 Å². The minimum Gasteiger partial charge on any atom is -0.488 e. The van der Waals surface area contributed by atoms with Crippen molar-refractivity contribution in [3.05, 3.63) is 70.5 Å². The highest BCUT2D eigenvalue weighted by molar-refractivity contribution is 5.99. The first-order valence-electron chi connectivity index (χ1n) is 11.9. The molecule has 2 bridgehead atoms. The van der Waals surface area contributed by atoms with Crippen molar-refractivity contribution in [2.24, 2.45) is 5.73 Å². The third-order valence-electron chi connectivity index (χ3n) is 6.62. The van der Waals surface area contributed by atoms with Crippen LogP contribution in [-0.2, 0) is 16.0 Å². The van der Waals surface area contributed by atoms with E-state index in [1.165, 1.54) is 4.90 Å². The number of nitrogens with one attached hydrogen (secondary N) is 1. The number of piperazine rings is 1. The minimum absolute atomic E-state index is 0.0163. The average Bonchev–Trinajstić information content (AvgIpc) is 2.89. The number of aliphatic hydroxyl groups is 1. The fraction of sp³-hybridized carbons (Fsp3) is 0.385. The van der Waals surface area contributed by atoms with Crippen molar-refractivity contribution in [3.63, 3.8) is 0 Å². The lowest BCUT2D eigenvalue weighted by Gasteiger charge is -2.44. The first-order chi connectivity index (χ1) is 17.7. The number of ether oxygens (including phenoxy) is 1. The van der Waals surface area contributed by atoms with E-state index in [0.29, 0.717) is 37.4 Å². The Morgan fingerprint density at radius 2 is 1.81 bits per heavy atom. The van der Waals surface area contributed by atoms with Crippen LogP contribution in [0.2, 0.25) is 0 Å². The molecule has 2 aliphatic rings. The monoisotopic (exact) mass is 519 g/mol. The topological polar surface area (TPSA) is 125 Å². The highest BCUT2D eigenvalue weighted by atomic mass is 19.2. The molecule has 3 atom stereocenters. The predicted octanol–water partition coefficient (Wildman–Crippen LogP) is 1.85. The molecule has 0 unspecified atom stereocenters. The van der Waals surface area contributed by atoms with Gasteiger partial charge in [-0.3, -0.25) is 4.79 Å². The Morgan fingerprint density at radius 3 is 2.49 bits per heavy atom. The van der Waals surface area contributed by atoms with E-state index in [1.807, 2.05) is 24.3 Å². The van der Waals surface area contributed by atoms with Crippen LogP contribution in [0, 0.1) is 17.5 Å². The van der Waals surface area contributed by atoms with Crippen molar-refractivity contribution < 1.29 is 37.7 Å². The summed E-state index contributed by atoms with van der Waals surface area (Å²) in [5, 5.41) is 22.4. The lowest BCUT2D eigenvalue weighted by Crippen LogP contribution is -2.63. The number of benzene rings is 2. The molecule has 2 aromatic rings. The second kappa shape index (κ2) is 11.3. The summed E-state index contributed by atoms with van der Waals surface area (Å²) in [5.41, 5.74) is 8.21. The highest BCUT2D eigenvalue weighted by Gasteiger charge is 2.40. The molecule has 4 rings (SSSR count). The van der Waals surface area contributed by atoms with E-state index in [9.17, 15) is 33.0 Å². The van der Waals surface area contributed by atoms with Crippen molar-refractivity contribution in [2.75, 3.05) is 26.3 Å². The zero-order chi connectivity index (χ0) is 26.7. The summed E-state index contributed by atoms with van der Waals surface area (Å²) in [5.74, 6) is -5.74. The van der Waals surface area contributed by atoms with Crippen molar-refractivity contribution in [1.82, 2.24) is 10.2 Å². The van der Waals surface area contributed by atoms with Gasteiger partial charge >= 0.3 is 5.97 Å². The summed E-state index contributed by atoms with van der Waals surface area (Å²) in [6, 6.07) is 7.07. The molecule has 0 aromatic heterocycles. The molecule has 1 fully saturated rings. The predicted molar refractivity (Wildman–Crippen MR) is 128 cm³/mol. The molecular weight excluding hydrogens is 491 g/mol. The number of carbonyl (C=O) groups excluding carboxylic acids is 1. The molecule has 2 heterocycles. The number of rotatable bonds is 9. The van der Waals surface area contributed by atoms with Gasteiger partial charge in [-0.2, -0.15) is 4.39 Å². The molecule has 8 nitrogen and oxygen atoms in total. The van der Waals surface area contributed by atoms with Gasteiger partial charge in [-0.1, -0.05) is 24.3 Å². The summed E-state index contributed by atoms with van der Waals surface area (Å²) < 4.78 is 45.7. The molecular formula is C26H28F3N3O5. The number of nitrogens with zero attached hydrogens (tertiary/aromatic N) is 1. The van der Waals surface area contributed by atoms with Gasteiger partial charge in [0.05, 0.1) is 24.8 Å². The van der Waals surface area contributed by atoms with Crippen LogP contribution >= 0.6 is 0 Å². The maximum atomic E-state index is 13.7. The molecule has 11 heteroatoms. The second-order valence-electron chi connectivity index (χ2n) is 9.17. The van der Waals surface area contributed by atoms with Gasteiger partial charge in [0.1, 0.15) is 6.04 Å². The smallest absolute Gasteiger partial charge is 0.333 e. The Balaban J connectivity index is 1.42. The lowest BCUT2D eigenvalue weighted by molar-refractivity contribution is -0.137. The van der Waals surface area contributed by atoms with Gasteiger partial charge in [0.25, 0.3) is 0 Å². The summed E-state index contributed by atoms with van der Waals surface area (Å²) in [6.07, 6.45) is 1.35. The molecule has 5 N–H and O–H groups in total. The third-order valence-corrected chi connectivity index (χ3v) is 6.62. The van der Waals surface area contributed by atoms with E-state index in [2.05, 4.69) is 5.32 Å². The summed E-state index contributed by atoms with van der Waals surface area (Å²) in [7, 11) is 0. The van der Waals surface area contributed by atoms with Gasteiger partial charge in [0, 0.05) is 19.1 Å². The third kappa shape index (κ3) is 5.79. The van der Waals surface area contributed by atoms with Crippen molar-refractivity contribution in [2.45, 2.75) is 37.4 Å². The van der Waals surface area contributed by atoms with Crippen LogP contribution in [-0.4, -0.2) is 71.4 Å². The van der Waals surface area contributed by atoms with E-state index in [0.717, 1.165) is 17.2 Å². The number of halogens is 3. The molecule has 1 amide bonds. The zero-order valence-corrected chi connectivity index (χ0v) is 19.9. The Bertz CT molecular complexity index is 1200. The minimum atomic E-state index is -1.36. The molecule has 0 saturated carbocycles. The molecule has 198 valence electrons. The van der Waals surface area contributed by atoms with Crippen LogP contribution in [0.4, 0.5) is 13.2 Å². The molecule has 37 heavy (non-hydrogen) atoms. The Hall–Kier alpha value is -3.41. The van der Waals surface area contributed by atoms with Crippen LogP contribution < -0.4 is 15.8 Å². The number of fused-ring (bicyclic) bond motifs is 2. The quantitative estimate of drug-likeness (QED) is 0.294. The van der Waals surface area contributed by atoms with Crippen LogP contribution in [0.5, 0.6) is 5.75 Å². The molecule has 0 radical (unpaired) electrons. The van der Waals surface area contributed by atoms with Crippen molar-refractivity contribution in [1.29, 1.82) is 0 Å². The molecule has 0 aliphatic carbocycles. The highest BCUT2D eigenvalue weighted by Crippen LogP contribution is 2.33. The maximum absolute atomic E-state index is 13.7. The molecule has 2 aliphatic heterocycles. The summed E-state index contributed by atoms with van der Waals surface area (Å²) in [6.45, 7) is -0.0116. The van der Waals surface area contributed by atoms with E-state index in [4.69, 9.17) is 10.5 Å². The van der Waals surface area contributed by atoms with E-state index >= 15 is 0 Å². The second-order valence-corrected chi connectivity index (χ2v) is 9.17. The standard InChI is InChI=1S/C26H28F3N3O5/c27-18-7-8-19(28)24(23(18)29)37-9-1-2-14-3-5-15(6-4-14)17-10-16-11-32(25(34)20(30)13-33)12-21(31-16)22(17)26(35)36/h3-8,16,20-21,31,33H,1-2,9-13,30H2,(H,35,36)/t16-,20-,21-/m0/s1. The Kier molecular flexibility index (Phi) is 8.16. The van der Waals surface area contributed by atoms with Crippen molar-refractivity contribution >= 4 is 17.4 Å². The Morgan fingerprint density at radius 1 is 1.11 bits per heavy atom. The van der Waals surface area contributed by atoms with E-state index < -0.39 is 53.8 Å². The average molecular weight is 520 g/mol. The summed E-state index contributed by atoms with van der Waals surface area (Å²) >= 11 is 0. The van der Waals surface area contributed by atoms with Crippen LogP contribution in [0.1, 0.15) is 24.0 Å². The number of amides is 1. The fourth-order valence-corrected chi connectivity index (χ4v) is 4.82. The molecule has 1 saturated heterocycles. The fourth-order valence-electron chi connectivity index (χ4n) is 4.82.